The number of hydrogen-bond acceptors (Lipinski definition) is 1. The van der Waals surface area contributed by atoms with Gasteiger partial charge in [0.05, 0.1) is 5.54 Å². The third kappa shape index (κ3) is 4.41. The molecule has 0 fully saturated rings. The molecular formula is C6H15N2P. The molecule has 3 heteroatoms. The van der Waals surface area contributed by atoms with Gasteiger partial charge in [-0.1, -0.05) is 16.2 Å². The second-order valence-corrected chi connectivity index (χ2v) is 3.29. The summed E-state index contributed by atoms with van der Waals surface area (Å²) < 4.78 is 0. The van der Waals surface area contributed by atoms with E-state index in [-0.39, 0.29) is 5.54 Å². The first-order chi connectivity index (χ1) is 3.98. The highest BCUT2D eigenvalue weighted by molar-refractivity contribution is 7.40. The van der Waals surface area contributed by atoms with Gasteiger partial charge in [-0.15, -0.1) is 0 Å². The van der Waals surface area contributed by atoms with Crippen molar-refractivity contribution in [2.45, 2.75) is 32.7 Å². The van der Waals surface area contributed by atoms with Crippen LogP contribution in [0.15, 0.2) is 4.99 Å². The van der Waals surface area contributed by atoms with E-state index >= 15 is 0 Å². The third-order valence-electron chi connectivity index (χ3n) is 1.30. The molecule has 2 N–H and O–H groups in total. The number of hydrogen-bond donors (Lipinski definition) is 1. The molecule has 0 rings (SSSR count). The minimum atomic E-state index is 0.00579. The van der Waals surface area contributed by atoms with Crippen molar-refractivity contribution in [3.63, 3.8) is 0 Å². The number of nitrogens with zero attached hydrogens (tertiary/aromatic N) is 1. The van der Waals surface area contributed by atoms with Crippen LogP contribution in [0, 0.1) is 0 Å². The largest absolute Gasteiger partial charge is 0.384 e. The highest BCUT2D eigenvalue weighted by Gasteiger charge is 2.11. The molecular weight excluding hydrogens is 131 g/mol. The lowest BCUT2D eigenvalue weighted by Gasteiger charge is -2.16. The Bertz CT molecular complexity index is 114. The summed E-state index contributed by atoms with van der Waals surface area (Å²) in [6, 6.07) is 0. The van der Waals surface area contributed by atoms with Crippen molar-refractivity contribution in [2.24, 2.45) is 10.7 Å². The predicted molar refractivity (Wildman–Crippen MR) is 45.7 cm³/mol. The molecule has 0 aliphatic rings. The highest BCUT2D eigenvalue weighted by Crippen LogP contribution is 2.13. The summed E-state index contributed by atoms with van der Waals surface area (Å²) in [6.45, 7) is 6.21. The first-order valence-corrected chi connectivity index (χ1v) is 3.66. The average Bonchev–Trinajstić information content (AvgIpc) is 1.63. The minimum Gasteiger partial charge on any atom is -0.384 e. The molecule has 0 bridgehead atoms. The van der Waals surface area contributed by atoms with Gasteiger partial charge in [0, 0.05) is 0 Å². The summed E-state index contributed by atoms with van der Waals surface area (Å²) >= 11 is 0. The molecule has 0 saturated carbocycles. The van der Waals surface area contributed by atoms with Crippen molar-refractivity contribution >= 4 is 14.8 Å². The van der Waals surface area contributed by atoms with Crippen molar-refractivity contribution in [3.8, 4) is 0 Å². The van der Waals surface area contributed by atoms with Crippen LogP contribution in [0.25, 0.3) is 0 Å². The number of amidine groups is 1. The van der Waals surface area contributed by atoms with Gasteiger partial charge < -0.3 is 5.73 Å². The van der Waals surface area contributed by atoms with Crippen LogP contribution < -0.4 is 5.73 Å². The standard InChI is InChI=1S/C6H15N2P/c1-4-6(2,3)8-5(7)9/h4,9H2,1-3H3,(H2,7,8). The molecule has 0 aromatic heterocycles. The van der Waals surface area contributed by atoms with E-state index in [1.807, 2.05) is 0 Å². The quantitative estimate of drug-likeness (QED) is 0.356. The molecule has 0 aliphatic heterocycles. The van der Waals surface area contributed by atoms with Gasteiger partial charge in [-0.2, -0.15) is 0 Å². The number of aliphatic imine (C=N–C) groups is 1. The summed E-state index contributed by atoms with van der Waals surface area (Å²) in [5, 5.41) is 0. The van der Waals surface area contributed by atoms with Crippen LogP contribution in [0.5, 0.6) is 0 Å². The monoisotopic (exact) mass is 146 g/mol. The van der Waals surface area contributed by atoms with Gasteiger partial charge in [0.15, 0.2) is 0 Å². The maximum absolute atomic E-state index is 5.37. The van der Waals surface area contributed by atoms with Crippen molar-refractivity contribution in [1.82, 2.24) is 0 Å². The summed E-state index contributed by atoms with van der Waals surface area (Å²) in [7, 11) is 2.38. The van der Waals surface area contributed by atoms with Gasteiger partial charge in [0.2, 0.25) is 0 Å². The van der Waals surface area contributed by atoms with Crippen LogP contribution in [-0.4, -0.2) is 11.1 Å². The summed E-state index contributed by atoms with van der Waals surface area (Å²) in [5.74, 6) is 0. The number of nitrogens with two attached hydrogens (primary N) is 1. The molecule has 0 spiro atoms. The van der Waals surface area contributed by atoms with Gasteiger partial charge in [-0.05, 0) is 20.3 Å². The Morgan fingerprint density at radius 2 is 2.11 bits per heavy atom. The average molecular weight is 146 g/mol. The van der Waals surface area contributed by atoms with E-state index in [9.17, 15) is 0 Å². The molecule has 0 amide bonds. The lowest BCUT2D eigenvalue weighted by molar-refractivity contribution is 0.506. The van der Waals surface area contributed by atoms with Crippen molar-refractivity contribution < 1.29 is 0 Å². The molecule has 2 nitrogen and oxygen atoms in total. The van der Waals surface area contributed by atoms with Gasteiger partial charge in [-0.3, -0.25) is 4.99 Å². The zero-order chi connectivity index (χ0) is 7.49. The van der Waals surface area contributed by atoms with Gasteiger partial charge in [0.25, 0.3) is 0 Å². The van der Waals surface area contributed by atoms with Crippen LogP contribution in [-0.2, 0) is 0 Å². The molecule has 1 unspecified atom stereocenters. The Kier molecular flexibility index (Phi) is 3.13. The van der Waals surface area contributed by atoms with Gasteiger partial charge in [0.1, 0.15) is 5.58 Å². The molecule has 9 heavy (non-hydrogen) atoms. The fourth-order valence-corrected chi connectivity index (χ4v) is 0.778. The normalized spacial score (nSPS) is 14.0. The van der Waals surface area contributed by atoms with Crippen LogP contribution >= 0.6 is 9.24 Å². The summed E-state index contributed by atoms with van der Waals surface area (Å²) in [6.07, 6.45) is 1.02. The first kappa shape index (κ1) is 8.90. The van der Waals surface area contributed by atoms with Crippen LogP contribution in [0.4, 0.5) is 0 Å². The molecule has 54 valence electrons. The van der Waals surface area contributed by atoms with E-state index in [2.05, 4.69) is 35.0 Å². The molecule has 0 aliphatic carbocycles. The highest BCUT2D eigenvalue weighted by atomic mass is 31.0. The number of rotatable bonds is 2. The zero-order valence-electron chi connectivity index (χ0n) is 6.31. The minimum absolute atomic E-state index is 0.00579. The fourth-order valence-electron chi connectivity index (χ4n) is 0.429. The van der Waals surface area contributed by atoms with E-state index in [1.165, 1.54) is 0 Å². The smallest absolute Gasteiger partial charge is 0.111 e. The summed E-state index contributed by atoms with van der Waals surface area (Å²) in [5.41, 5.74) is 5.96. The molecule has 1 atom stereocenters. The SMILES string of the molecule is CCC(C)(C)N=C(N)P. The molecule has 0 heterocycles. The van der Waals surface area contributed by atoms with E-state index in [1.54, 1.807) is 0 Å². The van der Waals surface area contributed by atoms with Gasteiger partial charge >= 0.3 is 0 Å². The predicted octanol–water partition coefficient (Wildman–Crippen LogP) is 1.36. The Morgan fingerprint density at radius 3 is 2.22 bits per heavy atom. The lowest BCUT2D eigenvalue weighted by Crippen LogP contribution is -2.18. The van der Waals surface area contributed by atoms with Crippen molar-refractivity contribution in [1.29, 1.82) is 0 Å². The van der Waals surface area contributed by atoms with Crippen molar-refractivity contribution in [3.05, 3.63) is 0 Å². The molecule has 0 radical (unpaired) electrons. The van der Waals surface area contributed by atoms with Gasteiger partial charge in [-0.25, -0.2) is 0 Å². The van der Waals surface area contributed by atoms with E-state index < -0.39 is 0 Å². The molecule has 0 saturated heterocycles. The Balaban J connectivity index is 4.01. The molecule has 0 aromatic rings. The summed E-state index contributed by atoms with van der Waals surface area (Å²) in [4.78, 5) is 4.19. The second-order valence-electron chi connectivity index (χ2n) is 2.70. The maximum Gasteiger partial charge on any atom is 0.111 e. The second kappa shape index (κ2) is 3.17. The van der Waals surface area contributed by atoms with Crippen LogP contribution in [0.1, 0.15) is 27.2 Å². The Hall–Kier alpha value is -0.100. The maximum atomic E-state index is 5.37. The molecule has 0 aromatic carbocycles. The Labute approximate surface area is 59.1 Å². The van der Waals surface area contributed by atoms with Crippen LogP contribution in [0.3, 0.4) is 0 Å². The van der Waals surface area contributed by atoms with E-state index in [0.29, 0.717) is 5.58 Å². The Morgan fingerprint density at radius 1 is 1.67 bits per heavy atom. The van der Waals surface area contributed by atoms with Crippen LogP contribution in [0.2, 0.25) is 0 Å². The van der Waals surface area contributed by atoms with Crippen molar-refractivity contribution in [2.75, 3.05) is 0 Å². The fraction of sp³-hybridized carbons (Fsp3) is 0.833. The third-order valence-corrected chi connectivity index (χ3v) is 1.43. The zero-order valence-corrected chi connectivity index (χ0v) is 7.46. The lowest BCUT2D eigenvalue weighted by atomic mass is 10.0. The first-order valence-electron chi connectivity index (χ1n) is 3.09. The van der Waals surface area contributed by atoms with E-state index in [4.69, 9.17) is 5.73 Å². The topological polar surface area (TPSA) is 38.4 Å². The van der Waals surface area contributed by atoms with E-state index in [0.717, 1.165) is 6.42 Å².